The summed E-state index contributed by atoms with van der Waals surface area (Å²) in [4.78, 5) is 20.1. The van der Waals surface area contributed by atoms with Gasteiger partial charge in [0.1, 0.15) is 0 Å². The fraction of sp³-hybridized carbons (Fsp3) is 0.600. The van der Waals surface area contributed by atoms with Gasteiger partial charge in [-0.15, -0.1) is 0 Å². The molecule has 4 heteroatoms. The fourth-order valence-electron chi connectivity index (χ4n) is 2.85. The molecule has 0 unspecified atom stereocenters. The summed E-state index contributed by atoms with van der Waals surface area (Å²) in [7, 11) is 0. The van der Waals surface area contributed by atoms with Crippen molar-refractivity contribution in [3.05, 3.63) is 22.5 Å². The predicted octanol–water partition coefficient (Wildman–Crippen LogP) is 2.88. The Morgan fingerprint density at radius 3 is 2.89 bits per heavy atom. The summed E-state index contributed by atoms with van der Waals surface area (Å²) in [6.45, 7) is 4.25. The smallest absolute Gasteiger partial charge is 0.338 e. The molecule has 0 aliphatic heterocycles. The van der Waals surface area contributed by atoms with Crippen LogP contribution in [0.25, 0.3) is 0 Å². The summed E-state index contributed by atoms with van der Waals surface area (Å²) >= 11 is 0. The van der Waals surface area contributed by atoms with Gasteiger partial charge in [0.25, 0.3) is 0 Å². The van der Waals surface area contributed by atoms with E-state index < -0.39 is 0 Å². The molecule has 0 radical (unpaired) electrons. The van der Waals surface area contributed by atoms with Gasteiger partial charge in [0.2, 0.25) is 0 Å². The number of fused-ring (bicyclic) bond motifs is 1. The highest BCUT2D eigenvalue weighted by Gasteiger charge is 2.32. The maximum absolute atomic E-state index is 11.6. The first-order valence-electron chi connectivity index (χ1n) is 7.19. The van der Waals surface area contributed by atoms with Gasteiger partial charge in [-0.25, -0.2) is 4.79 Å². The number of rotatable bonds is 3. The molecular weight excluding hydrogens is 240 g/mol. The molecule has 1 fully saturated rings. The van der Waals surface area contributed by atoms with E-state index in [1.807, 2.05) is 0 Å². The van der Waals surface area contributed by atoms with E-state index in [1.54, 1.807) is 0 Å². The van der Waals surface area contributed by atoms with E-state index in [2.05, 4.69) is 24.0 Å². The Morgan fingerprint density at radius 2 is 2.21 bits per heavy atom. The van der Waals surface area contributed by atoms with E-state index in [-0.39, 0.29) is 11.9 Å². The van der Waals surface area contributed by atoms with Gasteiger partial charge in [-0.05, 0) is 51.0 Å². The Balaban J connectivity index is 1.88. The van der Waals surface area contributed by atoms with E-state index in [1.165, 1.54) is 22.5 Å². The molecule has 1 aromatic heterocycles. The molecule has 0 amide bonds. The third-order valence-electron chi connectivity index (χ3n) is 4.03. The molecule has 1 heterocycles. The van der Waals surface area contributed by atoms with Gasteiger partial charge in [0.15, 0.2) is 0 Å². The van der Waals surface area contributed by atoms with Crippen LogP contribution in [0.3, 0.4) is 0 Å². The van der Waals surface area contributed by atoms with Crippen LogP contribution in [0, 0.1) is 12.8 Å². The highest BCUT2D eigenvalue weighted by Crippen LogP contribution is 2.31. The number of aryl methyl sites for hydroxylation is 2. The molecule has 3 rings (SSSR count). The van der Waals surface area contributed by atoms with Gasteiger partial charge in [-0.3, -0.25) is 0 Å². The molecular formula is C15H20N2O2. The predicted molar refractivity (Wildman–Crippen MR) is 73.2 cm³/mol. The molecule has 0 spiro atoms. The van der Waals surface area contributed by atoms with E-state index in [0.29, 0.717) is 0 Å². The normalized spacial score (nSPS) is 20.4. The number of carbonyl (C=O) groups excluding carboxylic acids is 1. The summed E-state index contributed by atoms with van der Waals surface area (Å²) in [5, 5.41) is 4.15. The maximum atomic E-state index is 11.6. The molecule has 2 aliphatic carbocycles. The number of nitrogens with zero attached hydrogens (tertiary/aromatic N) is 1. The van der Waals surface area contributed by atoms with Crippen LogP contribution < -0.4 is 0 Å². The van der Waals surface area contributed by atoms with Crippen molar-refractivity contribution in [1.29, 1.82) is 0 Å². The van der Waals surface area contributed by atoms with Gasteiger partial charge >= 0.3 is 5.97 Å². The zero-order chi connectivity index (χ0) is 13.4. The average Bonchev–Trinajstić information content (AvgIpc) is 3.19. The Hall–Kier alpha value is -1.58. The quantitative estimate of drug-likeness (QED) is 0.671. The van der Waals surface area contributed by atoms with Crippen LogP contribution in [-0.4, -0.2) is 16.7 Å². The van der Waals surface area contributed by atoms with Crippen molar-refractivity contribution >= 4 is 11.7 Å². The number of carbonyl (C=O) groups is 1. The Bertz CT molecular complexity index is 539. The van der Waals surface area contributed by atoms with Crippen molar-refractivity contribution in [2.24, 2.45) is 11.1 Å². The number of nitrogens with one attached hydrogen (secondary N) is 1. The van der Waals surface area contributed by atoms with Crippen LogP contribution in [0.15, 0.2) is 5.16 Å². The largest absolute Gasteiger partial charge is 0.362 e. The first-order valence-corrected chi connectivity index (χ1v) is 7.19. The van der Waals surface area contributed by atoms with Gasteiger partial charge in [0, 0.05) is 17.0 Å². The minimum atomic E-state index is -0.162. The lowest BCUT2D eigenvalue weighted by atomic mass is 9.92. The van der Waals surface area contributed by atoms with Gasteiger partial charge in [-0.2, -0.15) is 0 Å². The molecule has 0 saturated heterocycles. The highest BCUT2D eigenvalue weighted by atomic mass is 16.7. The van der Waals surface area contributed by atoms with E-state index >= 15 is 0 Å². The van der Waals surface area contributed by atoms with Crippen molar-refractivity contribution < 1.29 is 9.63 Å². The van der Waals surface area contributed by atoms with Crippen molar-refractivity contribution in [1.82, 2.24) is 4.98 Å². The van der Waals surface area contributed by atoms with Crippen LogP contribution in [0.2, 0.25) is 0 Å². The average molecular weight is 260 g/mol. The number of aromatic amines is 1. The first-order chi connectivity index (χ1) is 9.20. The fourth-order valence-corrected chi connectivity index (χ4v) is 2.85. The van der Waals surface area contributed by atoms with Crippen molar-refractivity contribution in [2.45, 2.75) is 52.4 Å². The third-order valence-corrected chi connectivity index (χ3v) is 4.03. The lowest BCUT2D eigenvalue weighted by molar-refractivity contribution is -0.145. The van der Waals surface area contributed by atoms with E-state index in [4.69, 9.17) is 4.84 Å². The molecule has 1 saturated carbocycles. The zero-order valence-corrected chi connectivity index (χ0v) is 11.6. The van der Waals surface area contributed by atoms with Crippen molar-refractivity contribution in [2.75, 3.05) is 0 Å². The molecule has 0 bridgehead atoms. The van der Waals surface area contributed by atoms with E-state index in [0.717, 1.165) is 44.2 Å². The van der Waals surface area contributed by atoms with Crippen LogP contribution >= 0.6 is 0 Å². The number of aromatic nitrogens is 1. The van der Waals surface area contributed by atoms with Crippen LogP contribution in [-0.2, 0) is 22.5 Å². The molecule has 19 heavy (non-hydrogen) atoms. The topological polar surface area (TPSA) is 54.4 Å². The number of hydrogen-bond donors (Lipinski definition) is 1. The van der Waals surface area contributed by atoms with Gasteiger partial charge in [-0.1, -0.05) is 12.1 Å². The standard InChI is InChI=1S/C15H20N2O2/c1-3-11-9(2)16-12-5-4-6-13(14(11)12)17-19-15(18)10-7-8-10/h10,16H,3-8H2,1-2H3/b17-13+. The second-order valence-corrected chi connectivity index (χ2v) is 5.51. The first kappa shape index (κ1) is 12.5. The Morgan fingerprint density at radius 1 is 1.42 bits per heavy atom. The van der Waals surface area contributed by atoms with E-state index in [9.17, 15) is 4.79 Å². The monoisotopic (exact) mass is 260 g/mol. The van der Waals surface area contributed by atoms with Crippen molar-refractivity contribution in [3.63, 3.8) is 0 Å². The summed E-state index contributed by atoms with van der Waals surface area (Å²) in [6.07, 6.45) is 5.92. The molecule has 2 aliphatic rings. The maximum Gasteiger partial charge on any atom is 0.338 e. The summed E-state index contributed by atoms with van der Waals surface area (Å²) in [6, 6.07) is 0. The summed E-state index contributed by atoms with van der Waals surface area (Å²) < 4.78 is 0. The minimum Gasteiger partial charge on any atom is -0.362 e. The molecule has 102 valence electrons. The molecule has 4 nitrogen and oxygen atoms in total. The third kappa shape index (κ3) is 2.31. The molecule has 0 aromatic carbocycles. The van der Waals surface area contributed by atoms with Gasteiger partial charge in [0.05, 0.1) is 11.6 Å². The molecule has 1 aromatic rings. The summed E-state index contributed by atoms with van der Waals surface area (Å²) in [5.74, 6) is -0.0593. The van der Waals surface area contributed by atoms with Crippen LogP contribution in [0.1, 0.15) is 55.1 Å². The number of H-pyrrole nitrogens is 1. The summed E-state index contributed by atoms with van der Waals surface area (Å²) in [5.41, 5.74) is 5.93. The lowest BCUT2D eigenvalue weighted by Gasteiger charge is -2.14. The van der Waals surface area contributed by atoms with Crippen LogP contribution in [0.5, 0.6) is 0 Å². The Labute approximate surface area is 113 Å². The highest BCUT2D eigenvalue weighted by molar-refractivity contribution is 6.04. The minimum absolute atomic E-state index is 0.103. The number of oxime groups is 1. The van der Waals surface area contributed by atoms with Crippen molar-refractivity contribution in [3.8, 4) is 0 Å². The second-order valence-electron chi connectivity index (χ2n) is 5.51. The zero-order valence-electron chi connectivity index (χ0n) is 11.6. The molecule has 0 atom stereocenters. The van der Waals surface area contributed by atoms with Gasteiger partial charge < -0.3 is 9.82 Å². The lowest BCUT2D eigenvalue weighted by Crippen LogP contribution is -2.14. The number of hydrogen-bond acceptors (Lipinski definition) is 3. The van der Waals surface area contributed by atoms with Crippen LogP contribution in [0.4, 0.5) is 0 Å². The Kier molecular flexibility index (Phi) is 3.17. The molecule has 1 N–H and O–H groups in total. The second kappa shape index (κ2) is 4.83. The SMILES string of the molecule is CCc1c(C)[nH]c2c1/C(=N/OC(=O)C1CC1)CCC2.